The Balaban J connectivity index is 2.61. The summed E-state index contributed by atoms with van der Waals surface area (Å²) in [5.74, 6) is 0.128. The third-order valence-corrected chi connectivity index (χ3v) is 2.88. The van der Waals surface area contributed by atoms with Crippen LogP contribution in [0.5, 0.6) is 0 Å². The third kappa shape index (κ3) is 3.94. The molecule has 1 rings (SSSR count). The number of hydrogen-bond donors (Lipinski definition) is 1. The lowest BCUT2D eigenvalue weighted by Gasteiger charge is -2.25. The number of hydrogen-bond acceptors (Lipinski definition) is 2. The van der Waals surface area contributed by atoms with Crippen molar-refractivity contribution in [2.45, 2.75) is 20.3 Å². The Hall–Kier alpha value is -1.77. The van der Waals surface area contributed by atoms with Crippen molar-refractivity contribution in [1.82, 2.24) is 4.90 Å². The Morgan fingerprint density at radius 1 is 1.47 bits per heavy atom. The second-order valence-corrected chi connectivity index (χ2v) is 4.21. The van der Waals surface area contributed by atoms with E-state index < -0.39 is 0 Å². The van der Waals surface area contributed by atoms with Crippen molar-refractivity contribution in [2.75, 3.05) is 13.1 Å². The lowest BCUT2D eigenvalue weighted by molar-refractivity contribution is -0.128. The van der Waals surface area contributed by atoms with E-state index in [0.29, 0.717) is 6.54 Å². The molecular weight excluding hydrogens is 212 g/mol. The van der Waals surface area contributed by atoms with Crippen LogP contribution >= 0.6 is 0 Å². The Morgan fingerprint density at radius 3 is 2.65 bits per heavy atom. The van der Waals surface area contributed by atoms with Crippen LogP contribution in [0.1, 0.15) is 20.3 Å². The van der Waals surface area contributed by atoms with Crippen molar-refractivity contribution >= 4 is 5.91 Å². The summed E-state index contributed by atoms with van der Waals surface area (Å²) in [6, 6.07) is 0. The zero-order chi connectivity index (χ0) is 12.8. The lowest BCUT2D eigenvalue weighted by atomic mass is 10.00. The number of allylic oxidation sites excluding steroid dienone is 4. The number of rotatable bonds is 3. The van der Waals surface area contributed by atoms with Gasteiger partial charge < -0.3 is 10.6 Å². The van der Waals surface area contributed by atoms with Gasteiger partial charge in [-0.2, -0.15) is 0 Å². The van der Waals surface area contributed by atoms with Crippen LogP contribution in [0.4, 0.5) is 0 Å². The number of carbonyl (C=O) groups is 1. The van der Waals surface area contributed by atoms with E-state index in [1.165, 1.54) is 5.57 Å². The highest BCUT2D eigenvalue weighted by atomic mass is 16.2. The van der Waals surface area contributed by atoms with Crippen LogP contribution in [0.25, 0.3) is 0 Å². The predicted molar refractivity (Wildman–Crippen MR) is 71.2 cm³/mol. The monoisotopic (exact) mass is 232 g/mol. The van der Waals surface area contributed by atoms with Crippen LogP contribution < -0.4 is 5.73 Å². The molecule has 17 heavy (non-hydrogen) atoms. The van der Waals surface area contributed by atoms with Crippen LogP contribution in [-0.2, 0) is 4.79 Å². The van der Waals surface area contributed by atoms with E-state index in [1.54, 1.807) is 13.1 Å². The number of amides is 1. The molecule has 0 radical (unpaired) electrons. The largest absolute Gasteiger partial charge is 0.404 e. The highest BCUT2D eigenvalue weighted by Crippen LogP contribution is 2.19. The van der Waals surface area contributed by atoms with E-state index in [-0.39, 0.29) is 5.91 Å². The molecule has 0 aromatic rings. The SMILES string of the molecule is C=C(/C=C\C(C)=C/N)C1=CCN(C(C)=O)CC1. The van der Waals surface area contributed by atoms with Gasteiger partial charge in [0.05, 0.1) is 0 Å². The molecule has 3 nitrogen and oxygen atoms in total. The molecule has 0 aromatic heterocycles. The van der Waals surface area contributed by atoms with Crippen molar-refractivity contribution in [2.24, 2.45) is 5.73 Å². The summed E-state index contributed by atoms with van der Waals surface area (Å²) in [6.45, 7) is 9.03. The van der Waals surface area contributed by atoms with Gasteiger partial charge in [0.1, 0.15) is 0 Å². The topological polar surface area (TPSA) is 46.3 Å². The van der Waals surface area contributed by atoms with E-state index in [4.69, 9.17) is 5.73 Å². The minimum Gasteiger partial charge on any atom is -0.404 e. The average molecular weight is 232 g/mol. The van der Waals surface area contributed by atoms with Gasteiger partial charge in [0, 0.05) is 20.0 Å². The summed E-state index contributed by atoms with van der Waals surface area (Å²) in [6.07, 6.45) is 8.41. The van der Waals surface area contributed by atoms with Crippen LogP contribution in [0, 0.1) is 0 Å². The molecule has 0 fully saturated rings. The van der Waals surface area contributed by atoms with Gasteiger partial charge in [-0.1, -0.05) is 24.8 Å². The standard InChI is InChI=1S/C14H20N2O/c1-11(10-15)4-5-12(2)14-6-8-16(9-7-14)13(3)17/h4-6,10H,2,7-9,15H2,1,3H3/b5-4-,11-10-. The Bertz CT molecular complexity index is 402. The van der Waals surface area contributed by atoms with Gasteiger partial charge in [0.15, 0.2) is 0 Å². The molecular formula is C14H20N2O. The van der Waals surface area contributed by atoms with Crippen LogP contribution in [0.3, 0.4) is 0 Å². The first-order valence-corrected chi connectivity index (χ1v) is 5.75. The lowest BCUT2D eigenvalue weighted by Crippen LogP contribution is -2.32. The summed E-state index contributed by atoms with van der Waals surface area (Å²) < 4.78 is 0. The minimum atomic E-state index is 0.128. The van der Waals surface area contributed by atoms with Crippen molar-refractivity contribution < 1.29 is 4.79 Å². The molecule has 0 bridgehead atoms. The molecule has 1 aliphatic rings. The zero-order valence-electron chi connectivity index (χ0n) is 10.6. The fourth-order valence-corrected chi connectivity index (χ4v) is 1.64. The molecule has 2 N–H and O–H groups in total. The second kappa shape index (κ2) is 6.09. The van der Waals surface area contributed by atoms with Gasteiger partial charge in [0.2, 0.25) is 5.91 Å². The molecule has 92 valence electrons. The predicted octanol–water partition coefficient (Wildman–Crippen LogP) is 2.14. The van der Waals surface area contributed by atoms with Gasteiger partial charge in [-0.15, -0.1) is 0 Å². The maximum Gasteiger partial charge on any atom is 0.219 e. The highest BCUT2D eigenvalue weighted by molar-refractivity contribution is 5.73. The fourth-order valence-electron chi connectivity index (χ4n) is 1.64. The summed E-state index contributed by atoms with van der Waals surface area (Å²) in [5.41, 5.74) is 8.60. The number of nitrogens with two attached hydrogens (primary N) is 1. The van der Waals surface area contributed by atoms with E-state index in [9.17, 15) is 4.79 Å². The van der Waals surface area contributed by atoms with Crippen molar-refractivity contribution in [3.63, 3.8) is 0 Å². The van der Waals surface area contributed by atoms with Gasteiger partial charge in [-0.3, -0.25) is 4.79 Å². The molecule has 1 heterocycles. The first-order valence-electron chi connectivity index (χ1n) is 5.75. The summed E-state index contributed by atoms with van der Waals surface area (Å²) >= 11 is 0. The fraction of sp³-hybridized carbons (Fsp3) is 0.357. The minimum absolute atomic E-state index is 0.128. The molecule has 0 atom stereocenters. The summed E-state index contributed by atoms with van der Waals surface area (Å²) in [4.78, 5) is 13.0. The highest BCUT2D eigenvalue weighted by Gasteiger charge is 2.13. The quantitative estimate of drug-likeness (QED) is 0.758. The van der Waals surface area contributed by atoms with Crippen LogP contribution in [0.15, 0.2) is 47.7 Å². The molecule has 3 heteroatoms. The van der Waals surface area contributed by atoms with Crippen molar-refractivity contribution in [3.8, 4) is 0 Å². The second-order valence-electron chi connectivity index (χ2n) is 4.21. The van der Waals surface area contributed by atoms with Gasteiger partial charge in [-0.25, -0.2) is 0 Å². The van der Waals surface area contributed by atoms with Gasteiger partial charge in [-0.05, 0) is 36.3 Å². The number of carbonyl (C=O) groups excluding carboxylic acids is 1. The van der Waals surface area contributed by atoms with E-state index in [0.717, 1.165) is 24.1 Å². The normalized spacial score (nSPS) is 17.2. The molecule has 1 aliphatic heterocycles. The summed E-state index contributed by atoms with van der Waals surface area (Å²) in [7, 11) is 0. The van der Waals surface area contributed by atoms with E-state index in [2.05, 4.69) is 12.7 Å². The Labute approximate surface area is 103 Å². The molecule has 0 aromatic carbocycles. The molecule has 0 saturated carbocycles. The van der Waals surface area contributed by atoms with E-state index in [1.807, 2.05) is 24.0 Å². The van der Waals surface area contributed by atoms with Gasteiger partial charge in [0.25, 0.3) is 0 Å². The third-order valence-electron chi connectivity index (χ3n) is 2.88. The van der Waals surface area contributed by atoms with Crippen molar-refractivity contribution in [1.29, 1.82) is 0 Å². The molecule has 0 saturated heterocycles. The van der Waals surface area contributed by atoms with Crippen LogP contribution in [0.2, 0.25) is 0 Å². The maximum atomic E-state index is 11.2. The Kier molecular flexibility index (Phi) is 4.76. The zero-order valence-corrected chi connectivity index (χ0v) is 10.6. The van der Waals surface area contributed by atoms with Crippen molar-refractivity contribution in [3.05, 3.63) is 47.7 Å². The molecule has 0 aliphatic carbocycles. The van der Waals surface area contributed by atoms with E-state index >= 15 is 0 Å². The first-order chi connectivity index (χ1) is 8.04. The Morgan fingerprint density at radius 2 is 2.18 bits per heavy atom. The van der Waals surface area contributed by atoms with Crippen LogP contribution in [-0.4, -0.2) is 23.9 Å². The molecule has 1 amide bonds. The molecule has 0 unspecified atom stereocenters. The molecule has 0 spiro atoms. The van der Waals surface area contributed by atoms with Gasteiger partial charge >= 0.3 is 0 Å². The summed E-state index contributed by atoms with van der Waals surface area (Å²) in [5, 5.41) is 0. The average Bonchev–Trinajstić information content (AvgIpc) is 2.35. The maximum absolute atomic E-state index is 11.2. The first kappa shape index (κ1) is 13.3. The number of nitrogens with zero attached hydrogens (tertiary/aromatic N) is 1. The smallest absolute Gasteiger partial charge is 0.219 e.